The topological polar surface area (TPSA) is 109 Å². The highest BCUT2D eigenvalue weighted by Crippen LogP contribution is 2.31. The SMILES string of the molecule is Nc1nc(-n2nc(Cc3c(F)ccc(F)c3F)c3ccccc32)nc(N)c1-c1ccc(F)nc1. The number of anilines is 2. The molecule has 5 rings (SSSR count). The molecule has 2 aromatic carbocycles. The summed E-state index contributed by atoms with van der Waals surface area (Å²) in [5, 5.41) is 4.98. The summed E-state index contributed by atoms with van der Waals surface area (Å²) in [6.07, 6.45) is 0.942. The maximum atomic E-state index is 14.3. The van der Waals surface area contributed by atoms with Crippen LogP contribution in [-0.4, -0.2) is 24.7 Å². The van der Waals surface area contributed by atoms with Gasteiger partial charge in [-0.25, -0.2) is 18.2 Å². The first-order valence-corrected chi connectivity index (χ1v) is 9.97. The number of aromatic nitrogens is 5. The Morgan fingerprint density at radius 1 is 0.824 bits per heavy atom. The van der Waals surface area contributed by atoms with Crippen molar-refractivity contribution in [2.24, 2.45) is 0 Å². The largest absolute Gasteiger partial charge is 0.383 e. The van der Waals surface area contributed by atoms with Crippen LogP contribution >= 0.6 is 0 Å². The van der Waals surface area contributed by atoms with Crippen LogP contribution in [0.2, 0.25) is 0 Å². The number of halogens is 4. The molecule has 0 saturated heterocycles. The van der Waals surface area contributed by atoms with Crippen molar-refractivity contribution in [2.75, 3.05) is 11.5 Å². The lowest BCUT2D eigenvalue weighted by Crippen LogP contribution is -2.10. The normalized spacial score (nSPS) is 11.3. The van der Waals surface area contributed by atoms with Crippen LogP contribution < -0.4 is 11.5 Å². The Bertz CT molecular complexity index is 1520. The third-order valence-electron chi connectivity index (χ3n) is 5.31. The van der Waals surface area contributed by atoms with Gasteiger partial charge in [0.2, 0.25) is 5.95 Å². The van der Waals surface area contributed by atoms with Crippen LogP contribution in [0.3, 0.4) is 0 Å². The van der Waals surface area contributed by atoms with Crippen LogP contribution in [0.4, 0.5) is 29.2 Å². The Balaban J connectivity index is 1.63. The minimum absolute atomic E-state index is 0.000686. The summed E-state index contributed by atoms with van der Waals surface area (Å²) < 4.78 is 56.7. The van der Waals surface area contributed by atoms with Gasteiger partial charge in [0.25, 0.3) is 5.95 Å². The van der Waals surface area contributed by atoms with Crippen molar-refractivity contribution >= 4 is 22.5 Å². The van der Waals surface area contributed by atoms with E-state index in [0.717, 1.165) is 18.2 Å². The highest BCUT2D eigenvalue weighted by Gasteiger charge is 2.21. The van der Waals surface area contributed by atoms with E-state index >= 15 is 0 Å². The summed E-state index contributed by atoms with van der Waals surface area (Å²) in [6.45, 7) is 0. The molecule has 0 aliphatic carbocycles. The van der Waals surface area contributed by atoms with Gasteiger partial charge in [0.05, 0.1) is 16.8 Å². The monoisotopic (exact) mass is 465 g/mol. The van der Waals surface area contributed by atoms with E-state index in [1.165, 1.54) is 16.9 Å². The summed E-state index contributed by atoms with van der Waals surface area (Å²) in [5.74, 6) is -3.98. The maximum absolute atomic E-state index is 14.3. The van der Waals surface area contributed by atoms with Crippen LogP contribution in [0.5, 0.6) is 0 Å². The third kappa shape index (κ3) is 3.56. The molecule has 0 aliphatic rings. The number of para-hydroxylation sites is 1. The summed E-state index contributed by atoms with van der Waals surface area (Å²) in [6, 6.07) is 11.1. The van der Waals surface area contributed by atoms with Crippen molar-refractivity contribution in [3.8, 4) is 17.1 Å². The first-order valence-electron chi connectivity index (χ1n) is 9.97. The molecule has 0 aliphatic heterocycles. The second kappa shape index (κ2) is 8.10. The lowest BCUT2D eigenvalue weighted by atomic mass is 10.1. The number of nitrogens with two attached hydrogens (primary N) is 2. The Morgan fingerprint density at radius 3 is 2.24 bits per heavy atom. The number of pyridine rings is 1. The van der Waals surface area contributed by atoms with Crippen molar-refractivity contribution in [1.82, 2.24) is 24.7 Å². The van der Waals surface area contributed by atoms with Gasteiger partial charge in [-0.15, -0.1) is 0 Å². The van der Waals surface area contributed by atoms with Crippen molar-refractivity contribution in [3.05, 3.63) is 89.4 Å². The predicted molar refractivity (Wildman–Crippen MR) is 118 cm³/mol. The van der Waals surface area contributed by atoms with E-state index in [0.29, 0.717) is 16.5 Å². The van der Waals surface area contributed by atoms with Crippen molar-refractivity contribution < 1.29 is 17.6 Å². The molecule has 4 N–H and O–H groups in total. The maximum Gasteiger partial charge on any atom is 0.255 e. The van der Waals surface area contributed by atoms with Crippen LogP contribution in [0.15, 0.2) is 54.7 Å². The van der Waals surface area contributed by atoms with Gasteiger partial charge in [-0.2, -0.15) is 24.1 Å². The van der Waals surface area contributed by atoms with Crippen LogP contribution in [-0.2, 0) is 6.42 Å². The van der Waals surface area contributed by atoms with E-state index in [1.54, 1.807) is 24.3 Å². The van der Waals surface area contributed by atoms with Crippen molar-refractivity contribution in [2.45, 2.75) is 6.42 Å². The van der Waals surface area contributed by atoms with E-state index in [2.05, 4.69) is 20.1 Å². The summed E-state index contributed by atoms with van der Waals surface area (Å²) in [4.78, 5) is 12.1. The molecule has 0 spiro atoms. The molecular weight excluding hydrogens is 450 g/mol. The average Bonchev–Trinajstić information content (AvgIpc) is 3.18. The van der Waals surface area contributed by atoms with Gasteiger partial charge < -0.3 is 11.5 Å². The van der Waals surface area contributed by atoms with E-state index in [4.69, 9.17) is 11.5 Å². The fourth-order valence-electron chi connectivity index (χ4n) is 3.71. The molecule has 0 atom stereocenters. The molecule has 0 unspecified atom stereocenters. The Morgan fingerprint density at radius 2 is 1.53 bits per heavy atom. The molecule has 11 heteroatoms. The molecule has 0 fully saturated rings. The molecule has 0 amide bonds. The fourth-order valence-corrected chi connectivity index (χ4v) is 3.71. The molecule has 34 heavy (non-hydrogen) atoms. The second-order valence-corrected chi connectivity index (χ2v) is 7.41. The highest BCUT2D eigenvalue weighted by atomic mass is 19.2. The van der Waals surface area contributed by atoms with E-state index in [1.807, 2.05) is 0 Å². The summed E-state index contributed by atoms with van der Waals surface area (Å²) in [5.41, 5.74) is 13.3. The summed E-state index contributed by atoms with van der Waals surface area (Å²) >= 11 is 0. The van der Waals surface area contributed by atoms with Gasteiger partial charge in [-0.05, 0) is 30.3 Å². The first kappa shape index (κ1) is 21.3. The van der Waals surface area contributed by atoms with E-state index in [9.17, 15) is 17.6 Å². The zero-order valence-corrected chi connectivity index (χ0v) is 17.3. The smallest absolute Gasteiger partial charge is 0.255 e. The minimum Gasteiger partial charge on any atom is -0.383 e. The van der Waals surface area contributed by atoms with Crippen molar-refractivity contribution in [3.63, 3.8) is 0 Å². The zero-order valence-electron chi connectivity index (χ0n) is 17.3. The van der Waals surface area contributed by atoms with Gasteiger partial charge in [0.15, 0.2) is 11.6 Å². The van der Waals surface area contributed by atoms with Crippen LogP contribution in [0.25, 0.3) is 28.0 Å². The average molecular weight is 465 g/mol. The number of benzene rings is 2. The number of nitrogens with zero attached hydrogens (tertiary/aromatic N) is 5. The predicted octanol–water partition coefficient (Wildman–Crippen LogP) is 4.19. The van der Waals surface area contributed by atoms with E-state index < -0.39 is 29.0 Å². The second-order valence-electron chi connectivity index (χ2n) is 7.41. The number of hydrogen-bond donors (Lipinski definition) is 2. The van der Waals surface area contributed by atoms with Crippen LogP contribution in [0, 0.1) is 23.4 Å². The Kier molecular flexibility index (Phi) is 5.08. The van der Waals surface area contributed by atoms with Gasteiger partial charge in [0.1, 0.15) is 17.5 Å². The molecule has 3 aromatic heterocycles. The van der Waals surface area contributed by atoms with Crippen LogP contribution in [0.1, 0.15) is 11.3 Å². The van der Waals surface area contributed by atoms with Crippen molar-refractivity contribution in [1.29, 1.82) is 0 Å². The van der Waals surface area contributed by atoms with Gasteiger partial charge in [-0.1, -0.05) is 18.2 Å². The molecule has 0 saturated carbocycles. The third-order valence-corrected chi connectivity index (χ3v) is 5.31. The quantitative estimate of drug-likeness (QED) is 0.234. The molecule has 0 bridgehead atoms. The minimum atomic E-state index is -1.28. The van der Waals surface area contributed by atoms with Gasteiger partial charge >= 0.3 is 0 Å². The standard InChI is InChI=1S/C23H15F4N7/c24-14-6-7-15(25)20(27)13(14)9-16-12-3-1-2-4-17(12)34(33-16)23-31-21(28)19(22(29)32-23)11-5-8-18(26)30-10-11/h1-8,10H,9H2,(H4,28,29,31,32). The number of fused-ring (bicyclic) bond motifs is 1. The molecule has 3 heterocycles. The number of nitrogen functional groups attached to an aromatic ring is 2. The molecule has 170 valence electrons. The lowest BCUT2D eigenvalue weighted by molar-refractivity contribution is 0.482. The molecule has 7 nitrogen and oxygen atoms in total. The molecular formula is C23H15F4N7. The Labute approximate surface area is 189 Å². The lowest BCUT2D eigenvalue weighted by Gasteiger charge is -2.10. The molecule has 5 aromatic rings. The highest BCUT2D eigenvalue weighted by molar-refractivity contribution is 5.85. The first-order chi connectivity index (χ1) is 16.3. The molecule has 0 radical (unpaired) electrons. The summed E-state index contributed by atoms with van der Waals surface area (Å²) in [7, 11) is 0. The zero-order chi connectivity index (χ0) is 24.0. The Hall–Kier alpha value is -4.54. The van der Waals surface area contributed by atoms with Gasteiger partial charge in [-0.3, -0.25) is 0 Å². The van der Waals surface area contributed by atoms with Gasteiger partial charge in [0, 0.05) is 29.1 Å². The van der Waals surface area contributed by atoms with E-state index in [-0.39, 0.29) is 35.3 Å². The fraction of sp³-hybridized carbons (Fsp3) is 0.0435. The number of hydrogen-bond acceptors (Lipinski definition) is 6. The number of rotatable bonds is 4.